The Morgan fingerprint density at radius 1 is 1.14 bits per heavy atom. The lowest BCUT2D eigenvalue weighted by molar-refractivity contribution is -0.128. The van der Waals surface area contributed by atoms with Crippen LogP contribution in [-0.4, -0.2) is 53.8 Å². The van der Waals surface area contributed by atoms with Crippen LogP contribution in [0.2, 0.25) is 0 Å². The molecule has 2 fully saturated rings. The quantitative estimate of drug-likeness (QED) is 0.748. The molecule has 0 aliphatic carbocycles. The topological polar surface area (TPSA) is 52.7 Å². The second kappa shape index (κ2) is 10.1. The largest absolute Gasteiger partial charge is 0.352 e. The van der Waals surface area contributed by atoms with Crippen molar-refractivity contribution in [2.75, 3.05) is 26.2 Å². The maximum atomic E-state index is 12.3. The van der Waals surface area contributed by atoms with Gasteiger partial charge in [0.2, 0.25) is 11.8 Å². The average Bonchev–Trinajstić information content (AvgIpc) is 3.06. The van der Waals surface area contributed by atoms with Crippen molar-refractivity contribution in [1.29, 1.82) is 0 Å². The Balaban J connectivity index is 1.42. The minimum Gasteiger partial charge on any atom is -0.352 e. The van der Waals surface area contributed by atoms with Crippen LogP contribution in [0.15, 0.2) is 24.3 Å². The van der Waals surface area contributed by atoms with E-state index in [1.807, 2.05) is 4.90 Å². The predicted molar refractivity (Wildman–Crippen MR) is 112 cm³/mol. The van der Waals surface area contributed by atoms with E-state index in [1.165, 1.54) is 11.1 Å². The van der Waals surface area contributed by atoms with Crippen LogP contribution in [-0.2, 0) is 22.6 Å². The summed E-state index contributed by atoms with van der Waals surface area (Å²) in [6, 6.07) is 9.20. The highest BCUT2D eigenvalue weighted by Crippen LogP contribution is 2.16. The molecule has 154 valence electrons. The second-order valence-corrected chi connectivity index (χ2v) is 8.79. The van der Waals surface area contributed by atoms with Gasteiger partial charge in [0, 0.05) is 45.1 Å². The Kier molecular flexibility index (Phi) is 7.49. The Labute approximate surface area is 169 Å². The van der Waals surface area contributed by atoms with Crippen LogP contribution in [0.5, 0.6) is 0 Å². The first-order valence-electron chi connectivity index (χ1n) is 10.9. The zero-order chi connectivity index (χ0) is 19.9. The molecule has 1 atom stereocenters. The number of rotatable bonds is 8. The van der Waals surface area contributed by atoms with E-state index >= 15 is 0 Å². The van der Waals surface area contributed by atoms with Crippen molar-refractivity contribution in [3.63, 3.8) is 0 Å². The van der Waals surface area contributed by atoms with Gasteiger partial charge in [0.1, 0.15) is 0 Å². The summed E-state index contributed by atoms with van der Waals surface area (Å²) in [6.07, 6.45) is 5.26. The van der Waals surface area contributed by atoms with Gasteiger partial charge in [0.25, 0.3) is 0 Å². The first kappa shape index (κ1) is 20.8. The molecule has 5 nitrogen and oxygen atoms in total. The van der Waals surface area contributed by atoms with E-state index in [1.54, 1.807) is 0 Å². The van der Waals surface area contributed by atoms with Crippen molar-refractivity contribution >= 4 is 11.8 Å². The van der Waals surface area contributed by atoms with E-state index in [-0.39, 0.29) is 17.9 Å². The molecule has 1 aromatic carbocycles. The molecule has 5 heteroatoms. The summed E-state index contributed by atoms with van der Waals surface area (Å²) in [7, 11) is 0. The third kappa shape index (κ3) is 6.33. The van der Waals surface area contributed by atoms with E-state index in [9.17, 15) is 9.59 Å². The molecule has 3 rings (SSSR count). The molecule has 2 aliphatic heterocycles. The van der Waals surface area contributed by atoms with Gasteiger partial charge < -0.3 is 10.2 Å². The number of piperidine rings is 1. The highest BCUT2D eigenvalue weighted by atomic mass is 16.2. The summed E-state index contributed by atoms with van der Waals surface area (Å²) in [4.78, 5) is 28.2. The lowest BCUT2D eigenvalue weighted by Gasteiger charge is -2.33. The van der Waals surface area contributed by atoms with Gasteiger partial charge in [-0.25, -0.2) is 0 Å². The number of carbonyl (C=O) groups is 2. The van der Waals surface area contributed by atoms with Crippen LogP contribution in [0.1, 0.15) is 57.1 Å². The number of hydrogen-bond acceptors (Lipinski definition) is 3. The summed E-state index contributed by atoms with van der Waals surface area (Å²) < 4.78 is 0. The van der Waals surface area contributed by atoms with Crippen LogP contribution < -0.4 is 5.32 Å². The third-order valence-electron chi connectivity index (χ3n) is 5.72. The van der Waals surface area contributed by atoms with Crippen molar-refractivity contribution in [2.24, 2.45) is 5.92 Å². The van der Waals surface area contributed by atoms with E-state index in [0.29, 0.717) is 25.3 Å². The highest BCUT2D eigenvalue weighted by molar-refractivity contribution is 5.80. The number of carbonyl (C=O) groups excluding carboxylic acids is 2. The Morgan fingerprint density at radius 2 is 1.89 bits per heavy atom. The third-order valence-corrected chi connectivity index (χ3v) is 5.72. The summed E-state index contributed by atoms with van der Waals surface area (Å²) in [6.45, 7) is 8.79. The molecule has 0 radical (unpaired) electrons. The normalized spacial score (nSPS) is 20.8. The summed E-state index contributed by atoms with van der Waals surface area (Å²) in [5.41, 5.74) is 2.74. The molecule has 1 N–H and O–H groups in total. The molecule has 0 spiro atoms. The van der Waals surface area contributed by atoms with Gasteiger partial charge in [-0.1, -0.05) is 38.1 Å². The van der Waals surface area contributed by atoms with Crippen molar-refractivity contribution in [3.05, 3.63) is 35.4 Å². The van der Waals surface area contributed by atoms with Crippen molar-refractivity contribution < 1.29 is 9.59 Å². The molecule has 0 bridgehead atoms. The van der Waals surface area contributed by atoms with Gasteiger partial charge >= 0.3 is 0 Å². The molecule has 2 amide bonds. The molecule has 2 heterocycles. The predicted octanol–water partition coefficient (Wildman–Crippen LogP) is 2.98. The molecule has 28 heavy (non-hydrogen) atoms. The van der Waals surface area contributed by atoms with Gasteiger partial charge in [-0.3, -0.25) is 14.5 Å². The fourth-order valence-corrected chi connectivity index (χ4v) is 4.30. The minimum atomic E-state index is 0.0737. The van der Waals surface area contributed by atoms with Gasteiger partial charge in [-0.05, 0) is 49.3 Å². The highest BCUT2D eigenvalue weighted by Gasteiger charge is 2.23. The van der Waals surface area contributed by atoms with Crippen LogP contribution in [0.25, 0.3) is 0 Å². The minimum absolute atomic E-state index is 0.0737. The van der Waals surface area contributed by atoms with Gasteiger partial charge in [-0.2, -0.15) is 0 Å². The van der Waals surface area contributed by atoms with E-state index in [0.717, 1.165) is 51.9 Å². The monoisotopic (exact) mass is 385 g/mol. The fraction of sp³-hybridized carbons (Fsp3) is 0.652. The smallest absolute Gasteiger partial charge is 0.222 e. The van der Waals surface area contributed by atoms with Gasteiger partial charge in [-0.15, -0.1) is 0 Å². The summed E-state index contributed by atoms with van der Waals surface area (Å²) >= 11 is 0. The van der Waals surface area contributed by atoms with Crippen molar-refractivity contribution in [2.45, 2.75) is 65.0 Å². The molecular formula is C23H35N3O2. The number of nitrogens with one attached hydrogen (secondary N) is 1. The van der Waals surface area contributed by atoms with Crippen LogP contribution >= 0.6 is 0 Å². The lowest BCUT2D eigenvalue weighted by Crippen LogP contribution is -2.47. The number of likely N-dealkylation sites (tertiary alicyclic amines) is 2. The number of benzene rings is 1. The Hall–Kier alpha value is -1.88. The van der Waals surface area contributed by atoms with Crippen molar-refractivity contribution in [1.82, 2.24) is 15.1 Å². The van der Waals surface area contributed by atoms with E-state index in [4.69, 9.17) is 0 Å². The van der Waals surface area contributed by atoms with E-state index in [2.05, 4.69) is 48.3 Å². The molecule has 2 saturated heterocycles. The van der Waals surface area contributed by atoms with Crippen LogP contribution in [0.4, 0.5) is 0 Å². The first-order chi connectivity index (χ1) is 13.5. The standard InChI is InChI=1S/C23H35N3O2/c1-18(2)15-19-7-9-20(10-8-19)16-25-12-3-5-21(17-25)24-22(27)11-14-26-13-4-6-23(26)28/h7-10,18,21H,3-6,11-17H2,1-2H3,(H,24,27). The van der Waals surface area contributed by atoms with Crippen LogP contribution in [0.3, 0.4) is 0 Å². The maximum absolute atomic E-state index is 12.3. The molecule has 1 unspecified atom stereocenters. The van der Waals surface area contributed by atoms with E-state index < -0.39 is 0 Å². The first-order valence-corrected chi connectivity index (χ1v) is 10.9. The Bertz CT molecular complexity index is 656. The lowest BCUT2D eigenvalue weighted by atomic mass is 10.0. The van der Waals surface area contributed by atoms with Gasteiger partial charge in [0.05, 0.1) is 0 Å². The molecular weight excluding hydrogens is 350 g/mol. The van der Waals surface area contributed by atoms with Crippen molar-refractivity contribution in [3.8, 4) is 0 Å². The average molecular weight is 386 g/mol. The van der Waals surface area contributed by atoms with Gasteiger partial charge in [0.15, 0.2) is 0 Å². The number of hydrogen-bond donors (Lipinski definition) is 1. The number of amides is 2. The SMILES string of the molecule is CC(C)Cc1ccc(CN2CCCC(NC(=O)CCN3CCCC3=O)C2)cc1. The number of nitrogens with zero attached hydrogens (tertiary/aromatic N) is 2. The van der Waals surface area contributed by atoms with Crippen LogP contribution in [0, 0.1) is 5.92 Å². The second-order valence-electron chi connectivity index (χ2n) is 8.79. The fourth-order valence-electron chi connectivity index (χ4n) is 4.30. The Morgan fingerprint density at radius 3 is 2.57 bits per heavy atom. The summed E-state index contributed by atoms with van der Waals surface area (Å²) in [5, 5.41) is 3.19. The summed E-state index contributed by atoms with van der Waals surface area (Å²) in [5.74, 6) is 0.946. The maximum Gasteiger partial charge on any atom is 0.222 e. The zero-order valence-electron chi connectivity index (χ0n) is 17.5. The molecule has 1 aromatic rings. The molecule has 2 aliphatic rings. The zero-order valence-corrected chi connectivity index (χ0v) is 17.5. The molecule has 0 aromatic heterocycles. The molecule has 0 saturated carbocycles.